The van der Waals surface area contributed by atoms with Gasteiger partial charge in [0.25, 0.3) is 0 Å². The number of carbonyl (C=O) groups is 1. The van der Waals surface area contributed by atoms with Crippen LogP contribution in [0.4, 0.5) is 0 Å². The second-order valence-electron chi connectivity index (χ2n) is 6.47. The maximum Gasteiger partial charge on any atom is 0.222 e. The number of likely N-dealkylation sites (tertiary alicyclic amines) is 1. The minimum Gasteiger partial charge on any atom is -0.343 e. The van der Waals surface area contributed by atoms with Gasteiger partial charge in [0.05, 0.1) is 0 Å². The van der Waals surface area contributed by atoms with Gasteiger partial charge in [-0.3, -0.25) is 4.79 Å². The Bertz CT molecular complexity index is 274. The second-order valence-corrected chi connectivity index (χ2v) is 6.47. The lowest BCUT2D eigenvalue weighted by atomic mass is 9.77. The van der Waals surface area contributed by atoms with Gasteiger partial charge < -0.3 is 10.6 Å². The summed E-state index contributed by atoms with van der Waals surface area (Å²) in [5, 5.41) is 0. The Labute approximate surface area is 111 Å². The number of nitrogens with two attached hydrogens (primary N) is 1. The van der Waals surface area contributed by atoms with E-state index in [2.05, 4.69) is 11.8 Å². The van der Waals surface area contributed by atoms with Crippen molar-refractivity contribution in [3.63, 3.8) is 0 Å². The molecule has 2 fully saturated rings. The first-order chi connectivity index (χ1) is 8.65. The molecule has 3 nitrogen and oxygen atoms in total. The molecule has 1 atom stereocenters. The standard InChI is InChI=1S/C15H28N2O/c1-13(12-16)4-5-14(18)17-10-8-15(9-11-17)6-2-3-7-15/h13H,2-12,16H2,1H3. The van der Waals surface area contributed by atoms with Crippen LogP contribution < -0.4 is 5.73 Å². The molecule has 0 aromatic heterocycles. The number of nitrogens with zero attached hydrogens (tertiary/aromatic N) is 1. The van der Waals surface area contributed by atoms with Gasteiger partial charge in [-0.2, -0.15) is 0 Å². The van der Waals surface area contributed by atoms with Gasteiger partial charge in [-0.1, -0.05) is 19.8 Å². The van der Waals surface area contributed by atoms with Crippen molar-refractivity contribution in [3.8, 4) is 0 Å². The minimum atomic E-state index is 0.350. The Kier molecular flexibility index (Phi) is 4.66. The summed E-state index contributed by atoms with van der Waals surface area (Å²) in [6.07, 6.45) is 9.72. The number of carbonyl (C=O) groups excluding carboxylic acids is 1. The van der Waals surface area contributed by atoms with E-state index >= 15 is 0 Å². The first-order valence-electron chi connectivity index (χ1n) is 7.63. The van der Waals surface area contributed by atoms with E-state index in [0.29, 0.717) is 30.2 Å². The number of amides is 1. The summed E-state index contributed by atoms with van der Waals surface area (Å²) in [7, 11) is 0. The Morgan fingerprint density at radius 1 is 1.22 bits per heavy atom. The molecule has 2 aliphatic rings. The van der Waals surface area contributed by atoms with Gasteiger partial charge in [-0.15, -0.1) is 0 Å². The lowest BCUT2D eigenvalue weighted by Crippen LogP contribution is -2.42. The van der Waals surface area contributed by atoms with Crippen molar-refractivity contribution in [1.82, 2.24) is 4.90 Å². The van der Waals surface area contributed by atoms with Crippen molar-refractivity contribution in [2.75, 3.05) is 19.6 Å². The predicted octanol–water partition coefficient (Wildman–Crippen LogP) is 2.54. The zero-order chi connectivity index (χ0) is 13.0. The second kappa shape index (κ2) is 6.05. The topological polar surface area (TPSA) is 46.3 Å². The molecule has 1 saturated heterocycles. The van der Waals surface area contributed by atoms with Crippen LogP contribution in [0, 0.1) is 11.3 Å². The fourth-order valence-corrected chi connectivity index (χ4v) is 3.50. The highest BCUT2D eigenvalue weighted by atomic mass is 16.2. The van der Waals surface area contributed by atoms with Crippen LogP contribution in [0.25, 0.3) is 0 Å². The van der Waals surface area contributed by atoms with E-state index in [9.17, 15) is 4.79 Å². The van der Waals surface area contributed by atoms with E-state index in [0.717, 1.165) is 19.5 Å². The van der Waals surface area contributed by atoms with Crippen LogP contribution in [-0.4, -0.2) is 30.4 Å². The zero-order valence-corrected chi connectivity index (χ0v) is 11.8. The average Bonchev–Trinajstić information content (AvgIpc) is 2.84. The Morgan fingerprint density at radius 3 is 2.39 bits per heavy atom. The maximum absolute atomic E-state index is 12.1. The smallest absolute Gasteiger partial charge is 0.222 e. The van der Waals surface area contributed by atoms with Crippen LogP contribution in [0.1, 0.15) is 58.3 Å². The van der Waals surface area contributed by atoms with Crippen LogP contribution in [-0.2, 0) is 4.79 Å². The summed E-state index contributed by atoms with van der Waals surface area (Å²) in [6, 6.07) is 0. The third-order valence-corrected chi connectivity index (χ3v) is 5.09. The molecule has 2 N–H and O–H groups in total. The molecule has 2 rings (SSSR count). The summed E-state index contributed by atoms with van der Waals surface area (Å²) in [5.41, 5.74) is 6.20. The maximum atomic E-state index is 12.1. The third-order valence-electron chi connectivity index (χ3n) is 5.09. The highest BCUT2D eigenvalue weighted by Crippen LogP contribution is 2.46. The lowest BCUT2D eigenvalue weighted by molar-refractivity contribution is -0.133. The molecule has 1 amide bonds. The third kappa shape index (κ3) is 3.25. The number of rotatable bonds is 4. The van der Waals surface area contributed by atoms with Gasteiger partial charge in [0.1, 0.15) is 0 Å². The van der Waals surface area contributed by atoms with E-state index < -0.39 is 0 Å². The molecule has 1 heterocycles. The first kappa shape index (κ1) is 13.9. The van der Waals surface area contributed by atoms with Gasteiger partial charge in [0, 0.05) is 19.5 Å². The predicted molar refractivity (Wildman–Crippen MR) is 74.2 cm³/mol. The van der Waals surface area contributed by atoms with E-state index in [-0.39, 0.29) is 0 Å². The van der Waals surface area contributed by atoms with Crippen molar-refractivity contribution >= 4 is 5.91 Å². The molecule has 18 heavy (non-hydrogen) atoms. The molecular formula is C15H28N2O. The van der Waals surface area contributed by atoms with Crippen LogP contribution in [0.15, 0.2) is 0 Å². The molecule has 0 radical (unpaired) electrons. The number of piperidine rings is 1. The lowest BCUT2D eigenvalue weighted by Gasteiger charge is -2.39. The Morgan fingerprint density at radius 2 is 1.83 bits per heavy atom. The van der Waals surface area contributed by atoms with Gasteiger partial charge in [0.2, 0.25) is 5.91 Å². The molecule has 0 aromatic rings. The molecule has 0 aromatic carbocycles. The van der Waals surface area contributed by atoms with Gasteiger partial charge in [-0.25, -0.2) is 0 Å². The van der Waals surface area contributed by atoms with Gasteiger partial charge in [0.15, 0.2) is 0 Å². The Balaban J connectivity index is 1.73. The Hall–Kier alpha value is -0.570. The summed E-state index contributed by atoms with van der Waals surface area (Å²) < 4.78 is 0. The quantitative estimate of drug-likeness (QED) is 0.836. The first-order valence-corrected chi connectivity index (χ1v) is 7.63. The van der Waals surface area contributed by atoms with Crippen LogP contribution in [0.2, 0.25) is 0 Å². The highest BCUT2D eigenvalue weighted by Gasteiger charge is 2.37. The van der Waals surface area contributed by atoms with E-state index in [4.69, 9.17) is 5.73 Å². The zero-order valence-electron chi connectivity index (χ0n) is 11.8. The molecule has 1 unspecified atom stereocenters. The molecule has 1 aliphatic heterocycles. The van der Waals surface area contributed by atoms with E-state index in [1.165, 1.54) is 38.5 Å². The molecule has 0 bridgehead atoms. The summed E-state index contributed by atoms with van der Waals surface area (Å²) >= 11 is 0. The van der Waals surface area contributed by atoms with E-state index in [1.807, 2.05) is 0 Å². The van der Waals surface area contributed by atoms with E-state index in [1.54, 1.807) is 0 Å². The van der Waals surface area contributed by atoms with Gasteiger partial charge >= 0.3 is 0 Å². The normalized spacial score (nSPS) is 24.4. The molecule has 1 saturated carbocycles. The monoisotopic (exact) mass is 252 g/mol. The summed E-state index contributed by atoms with van der Waals surface area (Å²) in [4.78, 5) is 14.2. The molecule has 1 aliphatic carbocycles. The SMILES string of the molecule is CC(CN)CCC(=O)N1CCC2(CCCC2)CC1. The van der Waals surface area contributed by atoms with Crippen molar-refractivity contribution in [1.29, 1.82) is 0 Å². The van der Waals surface area contributed by atoms with Gasteiger partial charge in [-0.05, 0) is 50.0 Å². The highest BCUT2D eigenvalue weighted by molar-refractivity contribution is 5.76. The molecule has 104 valence electrons. The number of hydrogen-bond donors (Lipinski definition) is 1. The van der Waals surface area contributed by atoms with Crippen molar-refractivity contribution in [2.24, 2.45) is 17.1 Å². The fourth-order valence-electron chi connectivity index (χ4n) is 3.50. The summed E-state index contributed by atoms with van der Waals surface area (Å²) in [6.45, 7) is 4.80. The summed E-state index contributed by atoms with van der Waals surface area (Å²) in [5.74, 6) is 0.822. The average molecular weight is 252 g/mol. The molecular weight excluding hydrogens is 224 g/mol. The fraction of sp³-hybridized carbons (Fsp3) is 0.933. The molecule has 1 spiro atoms. The molecule has 3 heteroatoms. The van der Waals surface area contributed by atoms with Crippen molar-refractivity contribution in [3.05, 3.63) is 0 Å². The van der Waals surface area contributed by atoms with Crippen molar-refractivity contribution < 1.29 is 4.79 Å². The largest absolute Gasteiger partial charge is 0.343 e. The van der Waals surface area contributed by atoms with Crippen LogP contribution in [0.3, 0.4) is 0 Å². The minimum absolute atomic E-state index is 0.350. The van der Waals surface area contributed by atoms with Crippen LogP contribution >= 0.6 is 0 Å². The van der Waals surface area contributed by atoms with Crippen molar-refractivity contribution in [2.45, 2.75) is 58.3 Å². The van der Waals surface area contributed by atoms with Crippen LogP contribution in [0.5, 0.6) is 0 Å². The number of hydrogen-bond acceptors (Lipinski definition) is 2.